The first-order valence-corrected chi connectivity index (χ1v) is 7.38. The predicted molar refractivity (Wildman–Crippen MR) is 88.4 cm³/mol. The molecule has 21 heavy (non-hydrogen) atoms. The Morgan fingerprint density at radius 1 is 1.00 bits per heavy atom. The van der Waals surface area contributed by atoms with Crippen LogP contribution in [-0.2, 0) is 6.42 Å². The predicted octanol–water partition coefficient (Wildman–Crippen LogP) is 4.25. The molecule has 0 saturated carbocycles. The van der Waals surface area contributed by atoms with E-state index >= 15 is 0 Å². The molecule has 2 aromatic rings. The summed E-state index contributed by atoms with van der Waals surface area (Å²) < 4.78 is 0. The number of amides is 1. The Hall–Kier alpha value is -2.09. The van der Waals surface area contributed by atoms with Crippen molar-refractivity contribution in [1.29, 1.82) is 0 Å². The van der Waals surface area contributed by atoms with Crippen molar-refractivity contribution in [1.82, 2.24) is 4.90 Å². The van der Waals surface area contributed by atoms with Gasteiger partial charge in [-0.3, -0.25) is 4.79 Å². The van der Waals surface area contributed by atoms with Gasteiger partial charge in [-0.2, -0.15) is 0 Å². The molecule has 2 aromatic carbocycles. The number of rotatable bonds is 4. The van der Waals surface area contributed by atoms with Crippen molar-refractivity contribution in [3.05, 3.63) is 59.7 Å². The van der Waals surface area contributed by atoms with Crippen molar-refractivity contribution in [3.63, 3.8) is 0 Å². The summed E-state index contributed by atoms with van der Waals surface area (Å²) in [5.41, 5.74) is 4.31. The lowest BCUT2D eigenvalue weighted by Gasteiger charge is -2.11. The molecule has 0 aliphatic heterocycles. The maximum atomic E-state index is 12.0. The lowest BCUT2D eigenvalue weighted by atomic mass is 9.98. The number of nitrogens with zero attached hydrogens (tertiary/aromatic N) is 1. The quantitative estimate of drug-likeness (QED) is 0.820. The number of carbonyl (C=O) groups is 1. The van der Waals surface area contributed by atoms with Gasteiger partial charge in [-0.25, -0.2) is 0 Å². The summed E-state index contributed by atoms with van der Waals surface area (Å²) in [7, 11) is 3.55. The van der Waals surface area contributed by atoms with Gasteiger partial charge < -0.3 is 4.90 Å². The summed E-state index contributed by atoms with van der Waals surface area (Å²) in [5.74, 6) is 0.699. The Bertz CT molecular complexity index is 612. The van der Waals surface area contributed by atoms with Crippen LogP contribution in [0.25, 0.3) is 11.1 Å². The van der Waals surface area contributed by atoms with E-state index in [1.807, 2.05) is 24.3 Å². The van der Waals surface area contributed by atoms with Crippen molar-refractivity contribution < 1.29 is 4.79 Å². The van der Waals surface area contributed by atoms with Gasteiger partial charge in [-0.15, -0.1) is 0 Å². The Kier molecular flexibility index (Phi) is 4.79. The first kappa shape index (κ1) is 15.3. The van der Waals surface area contributed by atoms with Crippen LogP contribution in [0.1, 0.15) is 29.8 Å². The van der Waals surface area contributed by atoms with Crippen molar-refractivity contribution in [2.75, 3.05) is 14.1 Å². The first-order valence-electron chi connectivity index (χ1n) is 7.38. The van der Waals surface area contributed by atoms with Crippen LogP contribution < -0.4 is 0 Å². The van der Waals surface area contributed by atoms with Gasteiger partial charge in [0.25, 0.3) is 5.91 Å². The molecule has 0 bridgehead atoms. The molecule has 0 radical (unpaired) electrons. The Balaban J connectivity index is 2.26. The third-order valence-corrected chi connectivity index (χ3v) is 3.45. The van der Waals surface area contributed by atoms with E-state index in [0.29, 0.717) is 5.92 Å². The highest BCUT2D eigenvalue weighted by atomic mass is 16.2. The number of benzene rings is 2. The minimum absolute atomic E-state index is 0.0354. The van der Waals surface area contributed by atoms with Gasteiger partial charge in [0.1, 0.15) is 0 Å². The number of carbonyl (C=O) groups excluding carboxylic acids is 1. The van der Waals surface area contributed by atoms with E-state index in [2.05, 4.69) is 38.1 Å². The maximum Gasteiger partial charge on any atom is 0.253 e. The van der Waals surface area contributed by atoms with Gasteiger partial charge in [0.05, 0.1) is 0 Å². The normalized spacial score (nSPS) is 10.7. The fourth-order valence-electron chi connectivity index (χ4n) is 2.39. The molecule has 1 amide bonds. The monoisotopic (exact) mass is 281 g/mol. The molecule has 0 fully saturated rings. The minimum atomic E-state index is 0.0354. The molecule has 0 N–H and O–H groups in total. The summed E-state index contributed by atoms with van der Waals surface area (Å²) in [6.07, 6.45) is 1.10. The molecule has 0 saturated heterocycles. The third kappa shape index (κ3) is 3.94. The molecule has 0 heterocycles. The molecule has 0 atom stereocenters. The van der Waals surface area contributed by atoms with Crippen LogP contribution in [0.3, 0.4) is 0 Å². The van der Waals surface area contributed by atoms with E-state index < -0.39 is 0 Å². The SMILES string of the molecule is CC(C)Cc1ccc(-c2cccc(C(=O)N(C)C)c2)cc1. The van der Waals surface area contributed by atoms with Crippen LogP contribution in [0.5, 0.6) is 0 Å². The summed E-state index contributed by atoms with van der Waals surface area (Å²) in [5, 5.41) is 0. The molecule has 0 unspecified atom stereocenters. The fraction of sp³-hybridized carbons (Fsp3) is 0.316. The molecule has 0 aliphatic rings. The van der Waals surface area contributed by atoms with E-state index in [4.69, 9.17) is 0 Å². The second-order valence-electron chi connectivity index (χ2n) is 6.08. The summed E-state index contributed by atoms with van der Waals surface area (Å²) in [6.45, 7) is 4.45. The molecule has 110 valence electrons. The van der Waals surface area contributed by atoms with Gasteiger partial charge in [-0.05, 0) is 41.2 Å². The zero-order valence-electron chi connectivity index (χ0n) is 13.3. The molecule has 2 rings (SSSR count). The second-order valence-corrected chi connectivity index (χ2v) is 6.08. The highest BCUT2D eigenvalue weighted by Crippen LogP contribution is 2.22. The zero-order chi connectivity index (χ0) is 15.4. The highest BCUT2D eigenvalue weighted by Gasteiger charge is 2.09. The molecular weight excluding hydrogens is 258 g/mol. The van der Waals surface area contributed by atoms with Gasteiger partial charge in [-0.1, -0.05) is 50.2 Å². The first-order chi connectivity index (χ1) is 9.97. The van der Waals surface area contributed by atoms with E-state index in [1.54, 1.807) is 19.0 Å². The van der Waals surface area contributed by atoms with Crippen LogP contribution in [0, 0.1) is 5.92 Å². The fourth-order valence-corrected chi connectivity index (χ4v) is 2.39. The smallest absolute Gasteiger partial charge is 0.253 e. The Labute approximate surface area is 127 Å². The highest BCUT2D eigenvalue weighted by molar-refractivity contribution is 5.95. The molecule has 0 aliphatic carbocycles. The van der Waals surface area contributed by atoms with Crippen LogP contribution in [-0.4, -0.2) is 24.9 Å². The molecule has 2 heteroatoms. The van der Waals surface area contributed by atoms with E-state index in [-0.39, 0.29) is 5.91 Å². The molecule has 0 aromatic heterocycles. The molecule has 0 spiro atoms. The van der Waals surface area contributed by atoms with Crippen LogP contribution >= 0.6 is 0 Å². The van der Waals surface area contributed by atoms with Gasteiger partial charge >= 0.3 is 0 Å². The second kappa shape index (κ2) is 6.57. The lowest BCUT2D eigenvalue weighted by Crippen LogP contribution is -2.21. The largest absolute Gasteiger partial charge is 0.345 e. The maximum absolute atomic E-state index is 12.0. The van der Waals surface area contributed by atoms with E-state index in [0.717, 1.165) is 23.1 Å². The average molecular weight is 281 g/mol. The van der Waals surface area contributed by atoms with Crippen LogP contribution in [0.15, 0.2) is 48.5 Å². The Morgan fingerprint density at radius 3 is 2.24 bits per heavy atom. The standard InChI is InChI=1S/C19H23NO/c1-14(2)12-15-8-10-16(11-9-15)17-6-5-7-18(13-17)19(21)20(3)4/h5-11,13-14H,12H2,1-4H3. The average Bonchev–Trinajstić information content (AvgIpc) is 2.46. The number of hydrogen-bond acceptors (Lipinski definition) is 1. The molecule has 2 nitrogen and oxygen atoms in total. The minimum Gasteiger partial charge on any atom is -0.345 e. The summed E-state index contributed by atoms with van der Waals surface area (Å²) >= 11 is 0. The number of hydrogen-bond donors (Lipinski definition) is 0. The topological polar surface area (TPSA) is 20.3 Å². The van der Waals surface area contributed by atoms with Crippen molar-refractivity contribution in [3.8, 4) is 11.1 Å². The third-order valence-electron chi connectivity index (χ3n) is 3.45. The molecular formula is C19H23NO. The van der Waals surface area contributed by atoms with E-state index in [9.17, 15) is 4.79 Å². The zero-order valence-corrected chi connectivity index (χ0v) is 13.3. The van der Waals surface area contributed by atoms with Crippen molar-refractivity contribution in [2.24, 2.45) is 5.92 Å². The van der Waals surface area contributed by atoms with Crippen LogP contribution in [0.4, 0.5) is 0 Å². The van der Waals surface area contributed by atoms with Crippen LogP contribution in [0.2, 0.25) is 0 Å². The van der Waals surface area contributed by atoms with Gasteiger partial charge in [0, 0.05) is 19.7 Å². The van der Waals surface area contributed by atoms with Gasteiger partial charge in [0.15, 0.2) is 0 Å². The van der Waals surface area contributed by atoms with Crippen molar-refractivity contribution in [2.45, 2.75) is 20.3 Å². The van der Waals surface area contributed by atoms with E-state index in [1.165, 1.54) is 5.56 Å². The summed E-state index contributed by atoms with van der Waals surface area (Å²) in [6, 6.07) is 16.4. The Morgan fingerprint density at radius 2 is 1.67 bits per heavy atom. The summed E-state index contributed by atoms with van der Waals surface area (Å²) in [4.78, 5) is 13.6. The lowest BCUT2D eigenvalue weighted by molar-refractivity contribution is 0.0827. The van der Waals surface area contributed by atoms with Gasteiger partial charge in [0.2, 0.25) is 0 Å². The van der Waals surface area contributed by atoms with Crippen molar-refractivity contribution >= 4 is 5.91 Å².